The monoisotopic (exact) mass is 219 g/mol. The Bertz CT molecular complexity index is 302. The van der Waals surface area contributed by atoms with Crippen LogP contribution < -0.4 is 0 Å². The predicted molar refractivity (Wildman–Crippen MR) is 66.3 cm³/mol. The zero-order valence-electron chi connectivity index (χ0n) is 10.3. The van der Waals surface area contributed by atoms with Crippen molar-refractivity contribution in [1.82, 2.24) is 4.98 Å². The van der Waals surface area contributed by atoms with E-state index in [0.29, 0.717) is 12.2 Å². The Labute approximate surface area is 98.1 Å². The van der Waals surface area contributed by atoms with E-state index in [-0.39, 0.29) is 5.92 Å². The van der Waals surface area contributed by atoms with Gasteiger partial charge in [0.05, 0.1) is 0 Å². The van der Waals surface area contributed by atoms with Gasteiger partial charge < -0.3 is 0 Å². The van der Waals surface area contributed by atoms with Crippen LogP contribution in [-0.2, 0) is 11.2 Å². The highest BCUT2D eigenvalue weighted by Gasteiger charge is 2.16. The van der Waals surface area contributed by atoms with Crippen molar-refractivity contribution in [3.05, 3.63) is 30.1 Å². The number of nitrogens with zero attached hydrogens (tertiary/aromatic N) is 1. The van der Waals surface area contributed by atoms with Gasteiger partial charge in [0.2, 0.25) is 0 Å². The van der Waals surface area contributed by atoms with Gasteiger partial charge in [-0.15, -0.1) is 0 Å². The van der Waals surface area contributed by atoms with Gasteiger partial charge in [-0.25, -0.2) is 0 Å². The molecule has 0 aliphatic carbocycles. The SMILES string of the molecule is CCCC(CCC)C(=O)Cc1ccncc1. The molecule has 0 aliphatic rings. The predicted octanol–water partition coefficient (Wildman–Crippen LogP) is 3.41. The van der Waals surface area contributed by atoms with Gasteiger partial charge in [0.25, 0.3) is 0 Å². The van der Waals surface area contributed by atoms with E-state index < -0.39 is 0 Å². The maximum Gasteiger partial charge on any atom is 0.140 e. The molecule has 2 nitrogen and oxygen atoms in total. The van der Waals surface area contributed by atoms with Crippen LogP contribution in [0.25, 0.3) is 0 Å². The Morgan fingerprint density at radius 2 is 1.75 bits per heavy atom. The summed E-state index contributed by atoms with van der Waals surface area (Å²) in [7, 11) is 0. The summed E-state index contributed by atoms with van der Waals surface area (Å²) in [5.41, 5.74) is 1.08. The summed E-state index contributed by atoms with van der Waals surface area (Å²) >= 11 is 0. The van der Waals surface area contributed by atoms with Crippen molar-refractivity contribution in [2.24, 2.45) is 5.92 Å². The highest BCUT2D eigenvalue weighted by molar-refractivity contribution is 5.83. The molecule has 16 heavy (non-hydrogen) atoms. The summed E-state index contributed by atoms with van der Waals surface area (Å²) in [5, 5.41) is 0. The molecule has 0 atom stereocenters. The minimum atomic E-state index is 0.253. The highest BCUT2D eigenvalue weighted by atomic mass is 16.1. The van der Waals surface area contributed by atoms with E-state index in [0.717, 1.165) is 31.2 Å². The molecule has 1 rings (SSSR count). The molecular formula is C14H21NO. The maximum atomic E-state index is 12.1. The van der Waals surface area contributed by atoms with Gasteiger partial charge in [0, 0.05) is 24.7 Å². The zero-order valence-corrected chi connectivity index (χ0v) is 10.3. The first-order valence-electron chi connectivity index (χ1n) is 6.19. The summed E-state index contributed by atoms with van der Waals surface area (Å²) in [5.74, 6) is 0.637. The number of hydrogen-bond acceptors (Lipinski definition) is 2. The molecule has 0 saturated carbocycles. The number of Topliss-reactive ketones (excluding diaryl/α,β-unsaturated/α-hetero) is 1. The zero-order chi connectivity index (χ0) is 11.8. The molecule has 0 amide bonds. The molecule has 1 heterocycles. The minimum Gasteiger partial charge on any atom is -0.299 e. The number of ketones is 1. The molecule has 0 saturated heterocycles. The molecule has 1 aromatic rings. The molecule has 0 aromatic carbocycles. The molecule has 1 aromatic heterocycles. The van der Waals surface area contributed by atoms with Crippen LogP contribution in [0.4, 0.5) is 0 Å². The average Bonchev–Trinajstić information content (AvgIpc) is 2.30. The topological polar surface area (TPSA) is 30.0 Å². The lowest BCUT2D eigenvalue weighted by Gasteiger charge is -2.13. The molecular weight excluding hydrogens is 198 g/mol. The Morgan fingerprint density at radius 3 is 2.25 bits per heavy atom. The van der Waals surface area contributed by atoms with E-state index in [2.05, 4.69) is 18.8 Å². The third-order valence-electron chi connectivity index (χ3n) is 2.86. The van der Waals surface area contributed by atoms with Crippen LogP contribution in [0.3, 0.4) is 0 Å². The van der Waals surface area contributed by atoms with Crippen molar-refractivity contribution < 1.29 is 4.79 Å². The van der Waals surface area contributed by atoms with Gasteiger partial charge in [0.1, 0.15) is 5.78 Å². The third-order valence-corrected chi connectivity index (χ3v) is 2.86. The molecule has 88 valence electrons. The number of hydrogen-bond donors (Lipinski definition) is 0. The number of rotatable bonds is 7. The molecule has 0 spiro atoms. The third kappa shape index (κ3) is 4.13. The summed E-state index contributed by atoms with van der Waals surface area (Å²) < 4.78 is 0. The van der Waals surface area contributed by atoms with Gasteiger partial charge >= 0.3 is 0 Å². The summed E-state index contributed by atoms with van der Waals surface area (Å²) in [6, 6.07) is 3.85. The van der Waals surface area contributed by atoms with E-state index in [4.69, 9.17) is 0 Å². The first kappa shape index (κ1) is 12.9. The fourth-order valence-electron chi connectivity index (χ4n) is 2.01. The van der Waals surface area contributed by atoms with E-state index in [9.17, 15) is 4.79 Å². The van der Waals surface area contributed by atoms with E-state index in [1.165, 1.54) is 0 Å². The van der Waals surface area contributed by atoms with Crippen molar-refractivity contribution in [3.63, 3.8) is 0 Å². The minimum absolute atomic E-state index is 0.253. The highest BCUT2D eigenvalue weighted by Crippen LogP contribution is 2.17. The summed E-state index contributed by atoms with van der Waals surface area (Å²) in [6.07, 6.45) is 8.29. The van der Waals surface area contributed by atoms with Crippen molar-refractivity contribution in [2.75, 3.05) is 0 Å². The smallest absolute Gasteiger partial charge is 0.140 e. The molecule has 0 bridgehead atoms. The van der Waals surface area contributed by atoms with Crippen molar-refractivity contribution in [1.29, 1.82) is 0 Å². The number of carbonyl (C=O) groups excluding carboxylic acids is 1. The molecule has 0 N–H and O–H groups in total. The first-order chi connectivity index (χ1) is 7.77. The normalized spacial score (nSPS) is 10.7. The van der Waals surface area contributed by atoms with Crippen molar-refractivity contribution in [2.45, 2.75) is 46.0 Å². The standard InChI is InChI=1S/C14H21NO/c1-3-5-13(6-4-2)14(16)11-12-7-9-15-10-8-12/h7-10,13H,3-6,11H2,1-2H3. The lowest BCUT2D eigenvalue weighted by molar-refractivity contribution is -0.122. The van der Waals surface area contributed by atoms with Crippen LogP contribution >= 0.6 is 0 Å². The van der Waals surface area contributed by atoms with Gasteiger partial charge in [-0.2, -0.15) is 0 Å². The Hall–Kier alpha value is -1.18. The van der Waals surface area contributed by atoms with Crippen molar-refractivity contribution >= 4 is 5.78 Å². The molecule has 0 radical (unpaired) electrons. The van der Waals surface area contributed by atoms with Gasteiger partial charge in [-0.05, 0) is 30.5 Å². The van der Waals surface area contributed by atoms with E-state index in [1.54, 1.807) is 12.4 Å². The molecule has 0 aliphatic heterocycles. The first-order valence-corrected chi connectivity index (χ1v) is 6.19. The molecule has 0 fully saturated rings. The average molecular weight is 219 g/mol. The summed E-state index contributed by atoms with van der Waals surface area (Å²) in [4.78, 5) is 16.0. The molecule has 0 unspecified atom stereocenters. The largest absolute Gasteiger partial charge is 0.299 e. The maximum absolute atomic E-state index is 12.1. The Balaban J connectivity index is 2.55. The quantitative estimate of drug-likeness (QED) is 0.703. The Kier molecular flexibility index (Phi) is 5.76. The summed E-state index contributed by atoms with van der Waals surface area (Å²) in [6.45, 7) is 4.28. The fourth-order valence-corrected chi connectivity index (χ4v) is 2.01. The number of carbonyl (C=O) groups is 1. The number of aromatic nitrogens is 1. The lowest BCUT2D eigenvalue weighted by Crippen LogP contribution is -2.16. The van der Waals surface area contributed by atoms with Crippen LogP contribution in [0.15, 0.2) is 24.5 Å². The van der Waals surface area contributed by atoms with Crippen LogP contribution in [0.1, 0.15) is 45.1 Å². The van der Waals surface area contributed by atoms with Crippen LogP contribution in [0.2, 0.25) is 0 Å². The Morgan fingerprint density at radius 1 is 1.19 bits per heavy atom. The second-order valence-corrected chi connectivity index (χ2v) is 4.27. The van der Waals surface area contributed by atoms with Crippen molar-refractivity contribution in [3.8, 4) is 0 Å². The van der Waals surface area contributed by atoms with Gasteiger partial charge in [0.15, 0.2) is 0 Å². The van der Waals surface area contributed by atoms with Gasteiger partial charge in [-0.1, -0.05) is 26.7 Å². The number of pyridine rings is 1. The van der Waals surface area contributed by atoms with E-state index in [1.807, 2.05) is 12.1 Å². The van der Waals surface area contributed by atoms with Crippen LogP contribution in [0.5, 0.6) is 0 Å². The van der Waals surface area contributed by atoms with Crippen LogP contribution in [-0.4, -0.2) is 10.8 Å². The second-order valence-electron chi connectivity index (χ2n) is 4.27. The fraction of sp³-hybridized carbons (Fsp3) is 0.571. The molecule has 2 heteroatoms. The van der Waals surface area contributed by atoms with Gasteiger partial charge in [-0.3, -0.25) is 9.78 Å². The second kappa shape index (κ2) is 7.15. The lowest BCUT2D eigenvalue weighted by atomic mass is 9.90. The van der Waals surface area contributed by atoms with E-state index >= 15 is 0 Å². The van der Waals surface area contributed by atoms with Crippen LogP contribution in [0, 0.1) is 5.92 Å².